The molecule has 2 rings (SSSR count). The van der Waals surface area contributed by atoms with E-state index in [0.717, 1.165) is 33.8 Å². The summed E-state index contributed by atoms with van der Waals surface area (Å²) in [7, 11) is 0. The summed E-state index contributed by atoms with van der Waals surface area (Å²) in [6, 6.07) is 12.1. The fourth-order valence-corrected chi connectivity index (χ4v) is 2.52. The van der Waals surface area contributed by atoms with Gasteiger partial charge in [0, 0.05) is 23.1 Å². The lowest BCUT2D eigenvalue weighted by Crippen LogP contribution is -2.32. The number of alkyl halides is 1. The molecule has 2 aromatic rings. The summed E-state index contributed by atoms with van der Waals surface area (Å²) in [6.07, 6.45) is 0.974. The summed E-state index contributed by atoms with van der Waals surface area (Å²) in [5.74, 6) is -0.0364. The highest BCUT2D eigenvalue weighted by Crippen LogP contribution is 2.29. The third kappa shape index (κ3) is 3.80. The zero-order valence-corrected chi connectivity index (χ0v) is 15.0. The summed E-state index contributed by atoms with van der Waals surface area (Å²) >= 11 is 3.35. The highest BCUT2D eigenvalue weighted by Gasteiger charge is 2.20. The maximum absolute atomic E-state index is 12.6. The van der Waals surface area contributed by atoms with Gasteiger partial charge in [-0.15, -0.1) is 0 Å². The van der Waals surface area contributed by atoms with Gasteiger partial charge >= 0.3 is 0 Å². The first-order valence-electron chi connectivity index (χ1n) is 7.62. The van der Waals surface area contributed by atoms with E-state index in [2.05, 4.69) is 53.4 Å². The summed E-state index contributed by atoms with van der Waals surface area (Å²) in [4.78, 5) is 12.6. The van der Waals surface area contributed by atoms with Gasteiger partial charge < -0.3 is 10.6 Å². The van der Waals surface area contributed by atoms with Gasteiger partial charge in [0.2, 0.25) is 0 Å². The number of rotatable bonds is 6. The number of benzene rings is 2. The van der Waals surface area contributed by atoms with Crippen molar-refractivity contribution in [2.24, 2.45) is 0 Å². The minimum atomic E-state index is -0.0626. The number of hydrogen-bond acceptors (Lipinski definition) is 2. The van der Waals surface area contributed by atoms with Crippen molar-refractivity contribution in [3.63, 3.8) is 0 Å². The number of carbonyl (C=O) groups excluding carboxylic acids is 1. The van der Waals surface area contributed by atoms with Crippen molar-refractivity contribution in [1.29, 1.82) is 0 Å². The quantitative estimate of drug-likeness (QED) is 0.739. The smallest absolute Gasteiger partial charge is 0.254 e. The van der Waals surface area contributed by atoms with Crippen LogP contribution in [0.5, 0.6) is 0 Å². The van der Waals surface area contributed by atoms with Crippen molar-refractivity contribution >= 4 is 38.3 Å². The Bertz CT molecular complexity index is 667. The molecule has 0 aliphatic heterocycles. The van der Waals surface area contributed by atoms with Crippen LogP contribution in [0.3, 0.4) is 0 Å². The van der Waals surface area contributed by atoms with Gasteiger partial charge in [0.15, 0.2) is 0 Å². The van der Waals surface area contributed by atoms with E-state index >= 15 is 0 Å². The van der Waals surface area contributed by atoms with E-state index in [9.17, 15) is 4.79 Å². The van der Waals surface area contributed by atoms with Gasteiger partial charge in [-0.25, -0.2) is 0 Å². The van der Waals surface area contributed by atoms with Crippen LogP contribution >= 0.6 is 15.9 Å². The zero-order chi connectivity index (χ0) is 16.2. The van der Waals surface area contributed by atoms with Crippen molar-refractivity contribution in [3.05, 3.63) is 42.0 Å². The van der Waals surface area contributed by atoms with E-state index < -0.39 is 0 Å². The Labute approximate surface area is 140 Å². The van der Waals surface area contributed by atoms with Gasteiger partial charge in [-0.1, -0.05) is 53.2 Å². The molecule has 0 atom stereocenters. The molecule has 2 aromatic carbocycles. The van der Waals surface area contributed by atoms with Crippen molar-refractivity contribution in [3.8, 4) is 0 Å². The zero-order valence-electron chi connectivity index (χ0n) is 13.4. The Balaban J connectivity index is 2.53. The maximum Gasteiger partial charge on any atom is 0.254 e. The first kappa shape index (κ1) is 16.8. The van der Waals surface area contributed by atoms with Gasteiger partial charge in [0.25, 0.3) is 5.91 Å². The number of amides is 1. The van der Waals surface area contributed by atoms with Gasteiger partial charge in [0.1, 0.15) is 0 Å². The van der Waals surface area contributed by atoms with Crippen LogP contribution in [0.2, 0.25) is 0 Å². The van der Waals surface area contributed by atoms with Gasteiger partial charge in [0.05, 0.1) is 5.56 Å². The van der Waals surface area contributed by atoms with Crippen LogP contribution < -0.4 is 10.6 Å². The molecule has 0 saturated heterocycles. The van der Waals surface area contributed by atoms with E-state index in [0.29, 0.717) is 6.54 Å². The molecule has 0 aliphatic rings. The third-order valence-electron chi connectivity index (χ3n) is 3.89. The minimum Gasteiger partial charge on any atom is -0.380 e. The highest BCUT2D eigenvalue weighted by molar-refractivity contribution is 9.09. The number of hydrogen-bond donors (Lipinski definition) is 2. The second kappa shape index (κ2) is 7.14. The van der Waals surface area contributed by atoms with E-state index in [-0.39, 0.29) is 11.4 Å². The van der Waals surface area contributed by atoms with Gasteiger partial charge in [-0.3, -0.25) is 4.79 Å². The molecule has 3 nitrogen and oxygen atoms in total. The molecular formula is C18H23BrN2O. The lowest BCUT2D eigenvalue weighted by atomic mass is 9.97. The summed E-state index contributed by atoms with van der Waals surface area (Å²) < 4.78 is 0. The SMILES string of the molecule is CCC(C)(C)Nc1ccc2ccccc2c1C(=O)NCCBr. The van der Waals surface area contributed by atoms with Crippen molar-refractivity contribution in [1.82, 2.24) is 5.32 Å². The molecule has 0 fully saturated rings. The summed E-state index contributed by atoms with van der Waals surface area (Å²) in [5, 5.41) is 9.27. The average Bonchev–Trinajstić information content (AvgIpc) is 2.52. The molecule has 0 heterocycles. The molecule has 0 radical (unpaired) electrons. The number of halogens is 1. The molecule has 0 aromatic heterocycles. The van der Waals surface area contributed by atoms with Crippen LogP contribution in [-0.4, -0.2) is 23.3 Å². The van der Waals surface area contributed by atoms with Crippen LogP contribution in [0.1, 0.15) is 37.6 Å². The third-order valence-corrected chi connectivity index (χ3v) is 4.29. The van der Waals surface area contributed by atoms with Crippen LogP contribution in [0.4, 0.5) is 5.69 Å². The number of carbonyl (C=O) groups is 1. The van der Waals surface area contributed by atoms with Crippen LogP contribution in [0.15, 0.2) is 36.4 Å². The first-order valence-corrected chi connectivity index (χ1v) is 8.75. The molecule has 0 unspecified atom stereocenters. The predicted molar refractivity (Wildman–Crippen MR) is 98.1 cm³/mol. The molecule has 0 aliphatic carbocycles. The second-order valence-electron chi connectivity index (χ2n) is 6.02. The first-order chi connectivity index (χ1) is 10.5. The molecule has 22 heavy (non-hydrogen) atoms. The highest BCUT2D eigenvalue weighted by atomic mass is 79.9. The molecule has 0 spiro atoms. The van der Waals surface area contributed by atoms with E-state index in [1.807, 2.05) is 30.3 Å². The van der Waals surface area contributed by atoms with Gasteiger partial charge in [-0.05, 0) is 37.1 Å². The minimum absolute atomic E-state index is 0.0364. The fraction of sp³-hybridized carbons (Fsp3) is 0.389. The number of anilines is 1. The predicted octanol–water partition coefficient (Wildman–Crippen LogP) is 4.57. The fourth-order valence-electron chi connectivity index (χ4n) is 2.32. The Morgan fingerprint density at radius 2 is 1.91 bits per heavy atom. The lowest BCUT2D eigenvalue weighted by molar-refractivity contribution is 0.0958. The van der Waals surface area contributed by atoms with E-state index in [4.69, 9.17) is 0 Å². The Kier molecular flexibility index (Phi) is 5.46. The summed E-state index contributed by atoms with van der Waals surface area (Å²) in [6.45, 7) is 7.03. The van der Waals surface area contributed by atoms with Gasteiger partial charge in [-0.2, -0.15) is 0 Å². The number of nitrogens with one attached hydrogen (secondary N) is 2. The maximum atomic E-state index is 12.6. The summed E-state index contributed by atoms with van der Waals surface area (Å²) in [5.41, 5.74) is 1.55. The molecule has 4 heteroatoms. The standard InChI is InChI=1S/C18H23BrN2O/c1-4-18(2,3)21-15-10-9-13-7-5-6-8-14(13)16(15)17(22)20-12-11-19/h5-10,21H,4,11-12H2,1-3H3,(H,20,22). The Morgan fingerprint density at radius 3 is 2.59 bits per heavy atom. The average molecular weight is 363 g/mol. The van der Waals surface area contributed by atoms with E-state index in [1.165, 1.54) is 0 Å². The molecule has 2 N–H and O–H groups in total. The number of fused-ring (bicyclic) bond motifs is 1. The molecule has 0 bridgehead atoms. The van der Waals surface area contributed by atoms with Crippen LogP contribution in [0.25, 0.3) is 10.8 Å². The normalized spacial score (nSPS) is 11.5. The Morgan fingerprint density at radius 1 is 1.18 bits per heavy atom. The van der Waals surface area contributed by atoms with Crippen LogP contribution in [-0.2, 0) is 0 Å². The molecular weight excluding hydrogens is 340 g/mol. The molecule has 0 saturated carbocycles. The largest absolute Gasteiger partial charge is 0.380 e. The van der Waals surface area contributed by atoms with Crippen molar-refractivity contribution in [2.45, 2.75) is 32.7 Å². The molecule has 1 amide bonds. The monoisotopic (exact) mass is 362 g/mol. The second-order valence-corrected chi connectivity index (χ2v) is 6.81. The van der Waals surface area contributed by atoms with E-state index in [1.54, 1.807) is 0 Å². The molecule has 118 valence electrons. The van der Waals surface area contributed by atoms with Crippen molar-refractivity contribution in [2.75, 3.05) is 17.2 Å². The lowest BCUT2D eigenvalue weighted by Gasteiger charge is -2.27. The van der Waals surface area contributed by atoms with Crippen molar-refractivity contribution < 1.29 is 4.79 Å². The van der Waals surface area contributed by atoms with Crippen LogP contribution in [0, 0.1) is 0 Å². The Hall–Kier alpha value is -1.55. The topological polar surface area (TPSA) is 41.1 Å².